The summed E-state index contributed by atoms with van der Waals surface area (Å²) in [6.07, 6.45) is 11.0. The van der Waals surface area contributed by atoms with Crippen molar-refractivity contribution in [2.24, 2.45) is 0 Å². The summed E-state index contributed by atoms with van der Waals surface area (Å²) in [5.41, 5.74) is 0. The molecule has 0 saturated heterocycles. The zero-order valence-corrected chi connectivity index (χ0v) is 14.8. The van der Waals surface area contributed by atoms with E-state index in [2.05, 4.69) is 6.92 Å². The molecule has 0 amide bonds. The summed E-state index contributed by atoms with van der Waals surface area (Å²) in [4.78, 5) is 0. The van der Waals surface area contributed by atoms with Crippen molar-refractivity contribution in [3.05, 3.63) is 0 Å². The van der Waals surface area contributed by atoms with Crippen LogP contribution in [0.15, 0.2) is 0 Å². The molecule has 0 aromatic heterocycles. The molecule has 0 aliphatic rings. The number of hydrogen-bond acceptors (Lipinski definition) is 3. The molecule has 3 nitrogen and oxygen atoms in total. The first-order valence-corrected chi connectivity index (χ1v) is 9.12. The minimum atomic E-state index is -3.82. The van der Waals surface area contributed by atoms with Gasteiger partial charge >= 0.3 is 38.7 Å². The van der Waals surface area contributed by atoms with Gasteiger partial charge in [-0.1, -0.05) is 58.3 Å². The van der Waals surface area contributed by atoms with Crippen LogP contribution in [0.25, 0.3) is 0 Å². The predicted molar refractivity (Wildman–Crippen MR) is 72.3 cm³/mol. The van der Waals surface area contributed by atoms with Crippen LogP contribution in [0.5, 0.6) is 0 Å². The molecule has 0 spiro atoms. The Kier molecular flexibility index (Phi) is 16.6. The molecular weight excluding hydrogens is 267 g/mol. The van der Waals surface area contributed by atoms with Crippen LogP contribution >= 0.6 is 10.8 Å². The smallest absolute Gasteiger partial charge is 1.00 e. The van der Waals surface area contributed by atoms with Crippen LogP contribution in [0, 0.1) is 0 Å². The van der Waals surface area contributed by atoms with Gasteiger partial charge in [0.15, 0.2) is 0 Å². The second kappa shape index (κ2) is 13.7. The van der Waals surface area contributed by atoms with Crippen molar-refractivity contribution in [3.63, 3.8) is 0 Å². The standard InChI is InChI=1S/C11H24O3S2.Na.H/c1-2-3-4-5-6-7-8-9-10-11-15-16(12,13)14;;/h2-11H2,1H3,(H,12,13,14);;/q;+1;-1. The van der Waals surface area contributed by atoms with Gasteiger partial charge in [-0.2, -0.15) is 8.42 Å². The van der Waals surface area contributed by atoms with E-state index in [0.29, 0.717) is 16.5 Å². The van der Waals surface area contributed by atoms with Crippen molar-refractivity contribution in [2.45, 2.75) is 64.7 Å². The van der Waals surface area contributed by atoms with Crippen LogP contribution in [0.3, 0.4) is 0 Å². The summed E-state index contributed by atoms with van der Waals surface area (Å²) in [5.74, 6) is 0.509. The van der Waals surface area contributed by atoms with E-state index in [4.69, 9.17) is 4.55 Å². The summed E-state index contributed by atoms with van der Waals surface area (Å²) in [7, 11) is -3.18. The van der Waals surface area contributed by atoms with Gasteiger partial charge in [-0.15, -0.1) is 0 Å². The van der Waals surface area contributed by atoms with Gasteiger partial charge in [-0.05, 0) is 17.2 Å². The maximum atomic E-state index is 10.4. The van der Waals surface area contributed by atoms with E-state index in [1.165, 1.54) is 44.9 Å². The number of unbranched alkanes of at least 4 members (excludes halogenated alkanes) is 8. The Bertz CT molecular complexity index is 249. The Balaban J connectivity index is -0.00000112. The normalized spacial score (nSPS) is 11.2. The molecule has 0 aromatic carbocycles. The van der Waals surface area contributed by atoms with Crippen molar-refractivity contribution in [3.8, 4) is 0 Å². The van der Waals surface area contributed by atoms with E-state index in [1.54, 1.807) is 0 Å². The summed E-state index contributed by atoms with van der Waals surface area (Å²) in [5, 5.41) is 0. The van der Waals surface area contributed by atoms with Crippen LogP contribution in [0.2, 0.25) is 0 Å². The van der Waals surface area contributed by atoms with Gasteiger partial charge < -0.3 is 1.43 Å². The average molecular weight is 292 g/mol. The third-order valence-electron chi connectivity index (χ3n) is 2.48. The Labute approximate surface area is 133 Å². The molecular formula is C11H25NaO3S2. The molecule has 6 heteroatoms. The molecule has 0 fully saturated rings. The van der Waals surface area contributed by atoms with E-state index in [-0.39, 0.29) is 31.0 Å². The van der Waals surface area contributed by atoms with Crippen molar-refractivity contribution in [1.29, 1.82) is 0 Å². The van der Waals surface area contributed by atoms with Gasteiger partial charge in [0.05, 0.1) is 0 Å². The van der Waals surface area contributed by atoms with Crippen LogP contribution in [-0.4, -0.2) is 18.7 Å². The molecule has 0 unspecified atom stereocenters. The quantitative estimate of drug-likeness (QED) is 0.269. The molecule has 1 N–H and O–H groups in total. The minimum Gasteiger partial charge on any atom is -1.00 e. The molecule has 0 bridgehead atoms. The van der Waals surface area contributed by atoms with Crippen molar-refractivity contribution >= 4 is 19.9 Å². The summed E-state index contributed by atoms with van der Waals surface area (Å²) >= 11 is 0. The third-order valence-corrected chi connectivity index (χ3v) is 4.63. The van der Waals surface area contributed by atoms with Crippen LogP contribution in [0.1, 0.15) is 66.1 Å². The Morgan fingerprint density at radius 1 is 0.941 bits per heavy atom. The SMILES string of the molecule is CCCCCCCCCCCSS(=O)(=O)O.[H-].[Na+]. The summed E-state index contributed by atoms with van der Waals surface area (Å²) in [6, 6.07) is 0. The maximum absolute atomic E-state index is 10.4. The number of hydrogen-bond donors (Lipinski definition) is 1. The van der Waals surface area contributed by atoms with Gasteiger partial charge in [-0.25, -0.2) is 0 Å². The van der Waals surface area contributed by atoms with Crippen LogP contribution < -0.4 is 29.6 Å². The van der Waals surface area contributed by atoms with Crippen molar-refractivity contribution in [2.75, 3.05) is 5.75 Å². The first-order valence-electron chi connectivity index (χ1n) is 6.18. The molecule has 0 aliphatic carbocycles. The monoisotopic (exact) mass is 292 g/mol. The van der Waals surface area contributed by atoms with Crippen molar-refractivity contribution < 1.29 is 44.0 Å². The Morgan fingerprint density at radius 3 is 1.76 bits per heavy atom. The van der Waals surface area contributed by atoms with E-state index >= 15 is 0 Å². The van der Waals surface area contributed by atoms with Crippen LogP contribution in [0.4, 0.5) is 0 Å². The molecule has 0 aliphatic heterocycles. The zero-order chi connectivity index (χ0) is 12.3. The maximum Gasteiger partial charge on any atom is 1.00 e. The zero-order valence-electron chi connectivity index (χ0n) is 12.2. The molecule has 0 saturated carbocycles. The van der Waals surface area contributed by atoms with Gasteiger partial charge in [0.25, 0.3) is 0 Å². The summed E-state index contributed by atoms with van der Waals surface area (Å²) < 4.78 is 29.2. The van der Waals surface area contributed by atoms with Gasteiger partial charge in [-0.3, -0.25) is 4.55 Å². The first-order chi connectivity index (χ1) is 7.56. The van der Waals surface area contributed by atoms with E-state index < -0.39 is 9.15 Å². The molecule has 0 rings (SSSR count). The largest absolute Gasteiger partial charge is 1.00 e. The van der Waals surface area contributed by atoms with E-state index in [0.717, 1.165) is 12.8 Å². The molecule has 0 aromatic rings. The van der Waals surface area contributed by atoms with Crippen molar-refractivity contribution in [1.82, 2.24) is 0 Å². The molecule has 17 heavy (non-hydrogen) atoms. The van der Waals surface area contributed by atoms with Crippen LogP contribution in [-0.2, 0) is 9.15 Å². The third kappa shape index (κ3) is 19.8. The van der Waals surface area contributed by atoms with Gasteiger partial charge in [0.1, 0.15) is 0 Å². The fourth-order valence-corrected chi connectivity index (χ4v) is 3.09. The average Bonchev–Trinajstić information content (AvgIpc) is 2.19. The second-order valence-electron chi connectivity index (χ2n) is 4.08. The predicted octanol–water partition coefficient (Wildman–Crippen LogP) is 1.17. The molecule has 0 heterocycles. The van der Waals surface area contributed by atoms with Gasteiger partial charge in [0.2, 0.25) is 0 Å². The Hall–Kier alpha value is 1.26. The fraction of sp³-hybridized carbons (Fsp3) is 1.00. The summed E-state index contributed by atoms with van der Waals surface area (Å²) in [6.45, 7) is 2.22. The Morgan fingerprint density at radius 2 is 1.35 bits per heavy atom. The van der Waals surface area contributed by atoms with E-state index in [9.17, 15) is 8.42 Å². The van der Waals surface area contributed by atoms with E-state index in [1.807, 2.05) is 0 Å². The fourth-order valence-electron chi connectivity index (χ4n) is 1.58. The van der Waals surface area contributed by atoms with Gasteiger partial charge in [0, 0.05) is 5.75 Å². The minimum absolute atomic E-state index is 0. The first kappa shape index (κ1) is 20.6. The molecule has 100 valence electrons. The number of rotatable bonds is 11. The second-order valence-corrected chi connectivity index (χ2v) is 7.55. The molecule has 0 atom stereocenters. The molecule has 0 radical (unpaired) electrons. The topological polar surface area (TPSA) is 54.4 Å².